The molecule has 0 aliphatic heterocycles. The maximum atomic E-state index is 12.9. The van der Waals surface area contributed by atoms with Crippen LogP contribution in [0.5, 0.6) is 5.75 Å². The quantitative estimate of drug-likeness (QED) is 0.776. The van der Waals surface area contributed by atoms with Crippen molar-refractivity contribution in [1.82, 2.24) is 0 Å². The Hall–Kier alpha value is -2.34. The van der Waals surface area contributed by atoms with E-state index in [0.29, 0.717) is 29.8 Å². The van der Waals surface area contributed by atoms with Crippen molar-refractivity contribution in [3.8, 4) is 5.75 Å². The summed E-state index contributed by atoms with van der Waals surface area (Å²) in [4.78, 5) is 13.0. The van der Waals surface area contributed by atoms with E-state index in [2.05, 4.69) is 5.32 Å². The Morgan fingerprint density at radius 3 is 2.36 bits per heavy atom. The SMILES string of the molecule is CC(C)Oc1ccc(NC(=O)[C@@H]2CCC[C@H](S(=O)(=O)c3ccccc3)C2)cc1. The van der Waals surface area contributed by atoms with Crippen LogP contribution in [0.25, 0.3) is 0 Å². The first-order chi connectivity index (χ1) is 13.4. The van der Waals surface area contributed by atoms with Gasteiger partial charge in [0.2, 0.25) is 5.91 Å². The van der Waals surface area contributed by atoms with E-state index < -0.39 is 15.1 Å². The lowest BCUT2D eigenvalue weighted by atomic mass is 9.88. The van der Waals surface area contributed by atoms with Crippen LogP contribution in [-0.2, 0) is 14.6 Å². The Balaban J connectivity index is 1.64. The Labute approximate surface area is 167 Å². The molecule has 1 aliphatic carbocycles. The number of nitrogens with one attached hydrogen (secondary N) is 1. The first-order valence-electron chi connectivity index (χ1n) is 9.73. The molecule has 0 saturated heterocycles. The van der Waals surface area contributed by atoms with Crippen LogP contribution in [0.2, 0.25) is 0 Å². The van der Waals surface area contributed by atoms with E-state index in [4.69, 9.17) is 4.74 Å². The summed E-state index contributed by atoms with van der Waals surface area (Å²) in [7, 11) is -3.42. The minimum atomic E-state index is -3.42. The third-order valence-corrected chi connectivity index (χ3v) is 7.24. The highest BCUT2D eigenvalue weighted by molar-refractivity contribution is 7.92. The van der Waals surface area contributed by atoms with Crippen molar-refractivity contribution in [2.45, 2.75) is 55.8 Å². The van der Waals surface area contributed by atoms with Gasteiger partial charge in [0.05, 0.1) is 16.2 Å². The molecule has 2 aromatic rings. The largest absolute Gasteiger partial charge is 0.491 e. The molecule has 0 heterocycles. The summed E-state index contributed by atoms with van der Waals surface area (Å²) < 4.78 is 31.4. The lowest BCUT2D eigenvalue weighted by Crippen LogP contribution is -2.34. The molecule has 0 aromatic heterocycles. The summed E-state index contributed by atoms with van der Waals surface area (Å²) in [5.74, 6) is 0.328. The molecule has 6 heteroatoms. The fraction of sp³-hybridized carbons (Fsp3) is 0.409. The van der Waals surface area contributed by atoms with E-state index in [-0.39, 0.29) is 17.9 Å². The van der Waals surface area contributed by atoms with Crippen LogP contribution in [0.1, 0.15) is 39.5 Å². The Kier molecular flexibility index (Phi) is 6.39. The van der Waals surface area contributed by atoms with Gasteiger partial charge in [0.25, 0.3) is 0 Å². The van der Waals surface area contributed by atoms with Gasteiger partial charge in [-0.3, -0.25) is 4.79 Å². The van der Waals surface area contributed by atoms with Crippen LogP contribution < -0.4 is 10.1 Å². The van der Waals surface area contributed by atoms with E-state index in [1.165, 1.54) is 0 Å². The van der Waals surface area contributed by atoms with Crippen LogP contribution in [0.15, 0.2) is 59.5 Å². The summed E-state index contributed by atoms with van der Waals surface area (Å²) >= 11 is 0. The molecule has 5 nitrogen and oxygen atoms in total. The molecule has 0 spiro atoms. The Morgan fingerprint density at radius 1 is 1.04 bits per heavy atom. The highest BCUT2D eigenvalue weighted by atomic mass is 32.2. The number of ether oxygens (including phenoxy) is 1. The number of amides is 1. The molecule has 28 heavy (non-hydrogen) atoms. The van der Waals surface area contributed by atoms with Crippen molar-refractivity contribution in [1.29, 1.82) is 0 Å². The van der Waals surface area contributed by atoms with Gasteiger partial charge < -0.3 is 10.1 Å². The van der Waals surface area contributed by atoms with E-state index in [9.17, 15) is 13.2 Å². The molecule has 150 valence electrons. The molecule has 0 bridgehead atoms. The van der Waals surface area contributed by atoms with Gasteiger partial charge in [0, 0.05) is 11.6 Å². The summed E-state index contributed by atoms with van der Waals surface area (Å²) in [5.41, 5.74) is 0.689. The topological polar surface area (TPSA) is 72.5 Å². The maximum Gasteiger partial charge on any atom is 0.227 e. The minimum Gasteiger partial charge on any atom is -0.491 e. The van der Waals surface area contributed by atoms with Gasteiger partial charge in [0.1, 0.15) is 5.75 Å². The summed E-state index contributed by atoms with van der Waals surface area (Å²) in [6, 6.07) is 15.7. The molecule has 1 N–H and O–H groups in total. The Morgan fingerprint density at radius 2 is 1.71 bits per heavy atom. The molecule has 2 aromatic carbocycles. The fourth-order valence-corrected chi connectivity index (χ4v) is 5.48. The number of carbonyl (C=O) groups excluding carboxylic acids is 1. The molecular weight excluding hydrogens is 374 g/mol. The normalized spacial score (nSPS) is 20.0. The second-order valence-corrected chi connectivity index (χ2v) is 9.75. The summed E-state index contributed by atoms with van der Waals surface area (Å²) in [6.45, 7) is 3.91. The molecule has 1 fully saturated rings. The molecule has 1 amide bonds. The Bertz CT molecular complexity index is 892. The zero-order valence-corrected chi connectivity index (χ0v) is 17.1. The van der Waals surface area contributed by atoms with Crippen LogP contribution in [0.4, 0.5) is 5.69 Å². The third-order valence-electron chi connectivity index (χ3n) is 5.00. The molecule has 2 atom stereocenters. The lowest BCUT2D eigenvalue weighted by molar-refractivity contribution is -0.120. The molecule has 0 unspecified atom stereocenters. The van der Waals surface area contributed by atoms with Crippen molar-refractivity contribution in [2.75, 3.05) is 5.32 Å². The number of carbonyl (C=O) groups is 1. The zero-order chi connectivity index (χ0) is 20.1. The van der Waals surface area contributed by atoms with Gasteiger partial charge >= 0.3 is 0 Å². The molecule has 1 aliphatic rings. The van der Waals surface area contributed by atoms with Crippen molar-refractivity contribution >= 4 is 21.4 Å². The molecule has 3 rings (SSSR count). The van der Waals surface area contributed by atoms with Crippen LogP contribution in [0, 0.1) is 5.92 Å². The van der Waals surface area contributed by atoms with Crippen molar-refractivity contribution < 1.29 is 17.9 Å². The van der Waals surface area contributed by atoms with E-state index in [1.807, 2.05) is 26.0 Å². The van der Waals surface area contributed by atoms with E-state index in [0.717, 1.165) is 12.2 Å². The predicted octanol–water partition coefficient (Wildman–Crippen LogP) is 4.45. The van der Waals surface area contributed by atoms with Gasteiger partial charge in [-0.1, -0.05) is 24.6 Å². The maximum absolute atomic E-state index is 12.9. The predicted molar refractivity (Wildman–Crippen MR) is 110 cm³/mol. The number of rotatable bonds is 6. The van der Waals surface area contributed by atoms with Gasteiger partial charge in [-0.2, -0.15) is 0 Å². The third kappa shape index (κ3) is 4.93. The van der Waals surface area contributed by atoms with E-state index >= 15 is 0 Å². The summed E-state index contributed by atoms with van der Waals surface area (Å²) in [5, 5.41) is 2.40. The number of hydrogen-bond donors (Lipinski definition) is 1. The number of anilines is 1. The number of benzene rings is 2. The smallest absolute Gasteiger partial charge is 0.227 e. The van der Waals surface area contributed by atoms with Gasteiger partial charge in [-0.05, 0) is 69.5 Å². The van der Waals surface area contributed by atoms with E-state index in [1.54, 1.807) is 42.5 Å². The summed E-state index contributed by atoms with van der Waals surface area (Å²) in [6.07, 6.45) is 2.49. The van der Waals surface area contributed by atoms with Crippen LogP contribution in [-0.4, -0.2) is 25.7 Å². The average molecular weight is 402 g/mol. The van der Waals surface area contributed by atoms with Crippen LogP contribution >= 0.6 is 0 Å². The van der Waals surface area contributed by atoms with Crippen molar-refractivity contribution in [3.05, 3.63) is 54.6 Å². The van der Waals surface area contributed by atoms with Crippen molar-refractivity contribution in [3.63, 3.8) is 0 Å². The van der Waals surface area contributed by atoms with Gasteiger partial charge in [-0.15, -0.1) is 0 Å². The number of sulfone groups is 1. The van der Waals surface area contributed by atoms with Crippen molar-refractivity contribution in [2.24, 2.45) is 5.92 Å². The highest BCUT2D eigenvalue weighted by Crippen LogP contribution is 2.33. The van der Waals surface area contributed by atoms with Gasteiger partial charge in [-0.25, -0.2) is 8.42 Å². The first-order valence-corrected chi connectivity index (χ1v) is 11.3. The zero-order valence-electron chi connectivity index (χ0n) is 16.3. The minimum absolute atomic E-state index is 0.0891. The fourth-order valence-electron chi connectivity index (χ4n) is 3.60. The second-order valence-electron chi connectivity index (χ2n) is 7.52. The monoisotopic (exact) mass is 401 g/mol. The second kappa shape index (κ2) is 8.78. The van der Waals surface area contributed by atoms with Gasteiger partial charge in [0.15, 0.2) is 9.84 Å². The first kappa shape index (κ1) is 20.4. The highest BCUT2D eigenvalue weighted by Gasteiger charge is 2.35. The van der Waals surface area contributed by atoms with Crippen LogP contribution in [0.3, 0.4) is 0 Å². The number of hydrogen-bond acceptors (Lipinski definition) is 4. The lowest BCUT2D eigenvalue weighted by Gasteiger charge is -2.28. The average Bonchev–Trinajstić information content (AvgIpc) is 2.70. The molecule has 0 radical (unpaired) electrons. The molecule has 1 saturated carbocycles. The standard InChI is InChI=1S/C22H27NO4S/c1-16(2)27-19-13-11-18(12-14-19)23-22(24)17-7-6-10-21(15-17)28(25,26)20-8-4-3-5-9-20/h3-5,8-9,11-14,16-17,21H,6-7,10,15H2,1-2H3,(H,23,24)/t17-,21+/m1/s1. The molecular formula is C22H27NO4S.